The minimum atomic E-state index is -0.969. The van der Waals surface area contributed by atoms with Gasteiger partial charge in [0.25, 0.3) is 0 Å². The van der Waals surface area contributed by atoms with Crippen LogP contribution in [0.25, 0.3) is 0 Å². The van der Waals surface area contributed by atoms with Crippen molar-refractivity contribution in [3.63, 3.8) is 0 Å². The Labute approximate surface area is 151 Å². The van der Waals surface area contributed by atoms with E-state index in [4.69, 9.17) is 11.2 Å². The summed E-state index contributed by atoms with van der Waals surface area (Å²) in [5, 5.41) is 11.1. The molecule has 1 N–H and O–H groups in total. The van der Waals surface area contributed by atoms with Crippen molar-refractivity contribution in [1.29, 1.82) is 0 Å². The van der Waals surface area contributed by atoms with Crippen LogP contribution in [-0.2, 0) is 9.53 Å². The average molecular weight is 342 g/mol. The molecule has 3 fully saturated rings. The molecule has 0 heterocycles. The van der Waals surface area contributed by atoms with Gasteiger partial charge in [-0.3, -0.25) is 4.79 Å². The molecule has 0 aromatic heterocycles. The molecule has 4 aliphatic rings. The second-order valence-electron chi connectivity index (χ2n) is 9.12. The molecule has 1 unspecified atom stereocenters. The number of ether oxygens (including phenoxy) is 1. The lowest BCUT2D eigenvalue weighted by Crippen LogP contribution is -2.56. The third-order valence-corrected chi connectivity index (χ3v) is 8.42. The summed E-state index contributed by atoms with van der Waals surface area (Å²) in [6.45, 7) is 4.49. The average Bonchev–Trinajstić information content (AvgIpc) is 2.87. The van der Waals surface area contributed by atoms with Crippen molar-refractivity contribution in [2.24, 2.45) is 35.0 Å². The van der Waals surface area contributed by atoms with Crippen molar-refractivity contribution >= 4 is 5.78 Å². The number of terminal acetylenes is 1. The number of aliphatic hydroxyl groups is 1. The van der Waals surface area contributed by atoms with Gasteiger partial charge in [0.1, 0.15) is 5.60 Å². The van der Waals surface area contributed by atoms with E-state index in [1.165, 1.54) is 5.57 Å². The van der Waals surface area contributed by atoms with Crippen LogP contribution in [0.3, 0.4) is 0 Å². The Kier molecular flexibility index (Phi) is 3.94. The maximum atomic E-state index is 12.0. The normalized spacial score (nSPS) is 51.8. The molecule has 3 saturated carbocycles. The van der Waals surface area contributed by atoms with E-state index in [-0.39, 0.29) is 17.3 Å². The van der Waals surface area contributed by atoms with Gasteiger partial charge in [-0.15, -0.1) is 6.42 Å². The quantitative estimate of drug-likeness (QED) is 0.743. The molecule has 0 aliphatic heterocycles. The molecule has 3 nitrogen and oxygen atoms in total. The fourth-order valence-corrected chi connectivity index (χ4v) is 7.14. The highest BCUT2D eigenvalue weighted by Crippen LogP contribution is 2.65. The predicted octanol–water partition coefficient (Wildman–Crippen LogP) is 3.36. The second-order valence-corrected chi connectivity index (χ2v) is 9.12. The second kappa shape index (κ2) is 5.69. The van der Waals surface area contributed by atoms with Crippen LogP contribution in [0.2, 0.25) is 0 Å². The third-order valence-electron chi connectivity index (χ3n) is 8.42. The first-order valence-electron chi connectivity index (χ1n) is 9.83. The van der Waals surface area contributed by atoms with Crippen LogP contribution in [0.5, 0.6) is 0 Å². The number of fused-ring (bicyclic) bond motifs is 5. The van der Waals surface area contributed by atoms with E-state index in [0.717, 1.165) is 25.7 Å². The molecular formula is C22H30O3. The lowest BCUT2D eigenvalue weighted by Gasteiger charge is -2.58. The Balaban J connectivity index is 1.75. The molecule has 136 valence electrons. The molecule has 0 amide bonds. The van der Waals surface area contributed by atoms with Crippen molar-refractivity contribution < 1.29 is 14.6 Å². The Bertz CT molecular complexity index is 659. The maximum Gasteiger partial charge on any atom is 0.155 e. The predicted molar refractivity (Wildman–Crippen MR) is 96.6 cm³/mol. The molecule has 0 spiro atoms. The van der Waals surface area contributed by atoms with Crippen LogP contribution >= 0.6 is 0 Å². The minimum Gasteiger partial charge on any atom is -0.377 e. The maximum absolute atomic E-state index is 12.0. The van der Waals surface area contributed by atoms with Crippen molar-refractivity contribution in [3.05, 3.63) is 11.6 Å². The first-order chi connectivity index (χ1) is 11.9. The van der Waals surface area contributed by atoms with Gasteiger partial charge in [-0.2, -0.15) is 0 Å². The molecule has 8 atom stereocenters. The van der Waals surface area contributed by atoms with E-state index < -0.39 is 5.60 Å². The van der Waals surface area contributed by atoms with Gasteiger partial charge in [-0.1, -0.05) is 19.8 Å². The monoisotopic (exact) mass is 342 g/mol. The zero-order valence-electron chi connectivity index (χ0n) is 15.6. The van der Waals surface area contributed by atoms with Crippen LogP contribution < -0.4 is 0 Å². The molecule has 3 heteroatoms. The SMILES string of the molecule is C#C[C@]1(O)CC[C@H]2[C@@H]3[C@H](C)[C@@H](OC)C4=CC(=O)CCC4[C@H]3CC[C@@]21C. The summed E-state index contributed by atoms with van der Waals surface area (Å²) in [5.74, 6) is 5.37. The molecule has 4 rings (SSSR count). The highest BCUT2D eigenvalue weighted by Gasteiger charge is 2.64. The van der Waals surface area contributed by atoms with Gasteiger partial charge in [0.15, 0.2) is 5.78 Å². The standard InChI is InChI=1S/C22H30O3/c1-5-22(24)11-9-18-19-13(2)20(25-4)17-12-14(23)6-7-15(17)16(19)8-10-21(18,22)3/h1,12-13,15-16,18-20,24H,6-11H2,2-4H3/t13-,15?,16+,18-,19+,20+,21-,22-/m0/s1. The number of hydrogen-bond donors (Lipinski definition) is 1. The van der Waals surface area contributed by atoms with E-state index in [1.54, 1.807) is 7.11 Å². The van der Waals surface area contributed by atoms with Crippen LogP contribution in [0.1, 0.15) is 52.4 Å². The van der Waals surface area contributed by atoms with Crippen molar-refractivity contribution in [2.75, 3.05) is 7.11 Å². The van der Waals surface area contributed by atoms with Crippen molar-refractivity contribution in [3.8, 4) is 12.3 Å². The van der Waals surface area contributed by atoms with E-state index in [1.807, 2.05) is 6.08 Å². The first-order valence-corrected chi connectivity index (χ1v) is 9.83. The zero-order valence-corrected chi connectivity index (χ0v) is 15.6. The summed E-state index contributed by atoms with van der Waals surface area (Å²) in [5.41, 5.74) is 0.0754. The van der Waals surface area contributed by atoms with Gasteiger partial charge in [0, 0.05) is 18.9 Å². The lowest BCUT2D eigenvalue weighted by molar-refractivity contribution is -0.126. The zero-order chi connectivity index (χ0) is 18.0. The van der Waals surface area contributed by atoms with Gasteiger partial charge in [0.2, 0.25) is 0 Å². The molecule has 4 aliphatic carbocycles. The lowest BCUT2D eigenvalue weighted by atomic mass is 9.48. The number of carbonyl (C=O) groups excluding carboxylic acids is 1. The van der Waals surface area contributed by atoms with E-state index >= 15 is 0 Å². The summed E-state index contributed by atoms with van der Waals surface area (Å²) < 4.78 is 5.91. The van der Waals surface area contributed by atoms with Gasteiger partial charge < -0.3 is 9.84 Å². The molecule has 0 bridgehead atoms. The summed E-state index contributed by atoms with van der Waals surface area (Å²) in [6, 6.07) is 0. The molecule has 0 saturated heterocycles. The fourth-order valence-electron chi connectivity index (χ4n) is 7.14. The number of rotatable bonds is 1. The summed E-state index contributed by atoms with van der Waals surface area (Å²) in [7, 11) is 1.77. The van der Waals surface area contributed by atoms with Crippen molar-refractivity contribution in [1.82, 2.24) is 0 Å². The van der Waals surface area contributed by atoms with Gasteiger partial charge in [0.05, 0.1) is 6.10 Å². The molecule has 25 heavy (non-hydrogen) atoms. The van der Waals surface area contributed by atoms with E-state index in [0.29, 0.717) is 42.4 Å². The molecule has 0 radical (unpaired) electrons. The summed E-state index contributed by atoms with van der Waals surface area (Å²) in [6.07, 6.45) is 13.1. The first kappa shape index (κ1) is 17.3. The Morgan fingerprint density at radius 2 is 2.08 bits per heavy atom. The minimum absolute atomic E-state index is 0.0254. The number of ketones is 1. The Morgan fingerprint density at radius 3 is 2.76 bits per heavy atom. The highest BCUT2D eigenvalue weighted by molar-refractivity contribution is 5.91. The largest absolute Gasteiger partial charge is 0.377 e. The Morgan fingerprint density at radius 1 is 1.32 bits per heavy atom. The Hall–Kier alpha value is -1.11. The van der Waals surface area contributed by atoms with Crippen molar-refractivity contribution in [2.45, 2.75) is 64.1 Å². The number of methoxy groups -OCH3 is 1. The highest BCUT2D eigenvalue weighted by atomic mass is 16.5. The third kappa shape index (κ3) is 2.17. The number of carbonyl (C=O) groups is 1. The molecule has 0 aromatic rings. The number of hydrogen-bond acceptors (Lipinski definition) is 3. The van der Waals surface area contributed by atoms with Gasteiger partial charge in [-0.25, -0.2) is 0 Å². The smallest absolute Gasteiger partial charge is 0.155 e. The van der Waals surface area contributed by atoms with Gasteiger partial charge >= 0.3 is 0 Å². The summed E-state index contributed by atoms with van der Waals surface area (Å²) in [4.78, 5) is 12.0. The van der Waals surface area contributed by atoms with Crippen LogP contribution in [0, 0.1) is 47.3 Å². The van der Waals surface area contributed by atoms with E-state index in [9.17, 15) is 9.90 Å². The van der Waals surface area contributed by atoms with Gasteiger partial charge in [-0.05, 0) is 73.3 Å². The molecule has 0 aromatic carbocycles. The topological polar surface area (TPSA) is 46.5 Å². The fraction of sp³-hybridized carbons (Fsp3) is 0.773. The summed E-state index contributed by atoms with van der Waals surface area (Å²) >= 11 is 0. The van der Waals surface area contributed by atoms with Crippen LogP contribution in [-0.4, -0.2) is 29.7 Å². The van der Waals surface area contributed by atoms with Crippen LogP contribution in [0.4, 0.5) is 0 Å². The molecular weight excluding hydrogens is 312 g/mol. The van der Waals surface area contributed by atoms with E-state index in [2.05, 4.69) is 19.8 Å². The van der Waals surface area contributed by atoms with Crippen LogP contribution in [0.15, 0.2) is 11.6 Å².